The van der Waals surface area contributed by atoms with Crippen molar-refractivity contribution in [3.8, 4) is 11.3 Å². The second-order valence-corrected chi connectivity index (χ2v) is 8.24. The van der Waals surface area contributed by atoms with Gasteiger partial charge >= 0.3 is 6.18 Å². The number of nitrogens with zero attached hydrogens (tertiary/aromatic N) is 6. The molecule has 0 amide bonds. The zero-order valence-corrected chi connectivity index (χ0v) is 19.3. The fourth-order valence-corrected chi connectivity index (χ4v) is 3.87. The van der Waals surface area contributed by atoms with E-state index in [9.17, 15) is 17.6 Å². The summed E-state index contributed by atoms with van der Waals surface area (Å²) in [4.78, 5) is 19.0. The third-order valence-electron chi connectivity index (χ3n) is 5.97. The van der Waals surface area contributed by atoms with Crippen LogP contribution in [-0.2, 0) is 6.18 Å². The molecule has 1 aliphatic rings. The highest BCUT2D eigenvalue weighted by Crippen LogP contribution is 2.35. The van der Waals surface area contributed by atoms with Crippen LogP contribution in [0.3, 0.4) is 0 Å². The van der Waals surface area contributed by atoms with Gasteiger partial charge in [0.25, 0.3) is 0 Å². The van der Waals surface area contributed by atoms with E-state index in [1.165, 1.54) is 18.3 Å². The molecule has 1 saturated heterocycles. The van der Waals surface area contributed by atoms with Gasteiger partial charge in [-0.25, -0.2) is 14.4 Å². The van der Waals surface area contributed by atoms with E-state index in [0.717, 1.165) is 11.6 Å². The molecular formula is C24H26F4N6. The first-order valence-corrected chi connectivity index (χ1v) is 11.1. The van der Waals surface area contributed by atoms with Crippen LogP contribution in [0.15, 0.2) is 42.6 Å². The molecule has 0 bridgehead atoms. The van der Waals surface area contributed by atoms with Gasteiger partial charge in [-0.15, -0.1) is 0 Å². The zero-order valence-electron chi connectivity index (χ0n) is 19.3. The van der Waals surface area contributed by atoms with Gasteiger partial charge in [0.1, 0.15) is 17.5 Å². The van der Waals surface area contributed by atoms with Crippen LogP contribution in [0.25, 0.3) is 11.3 Å². The number of anilines is 3. The van der Waals surface area contributed by atoms with Crippen LogP contribution in [0.4, 0.5) is 35.1 Å². The Labute approximate surface area is 195 Å². The van der Waals surface area contributed by atoms with E-state index >= 15 is 0 Å². The summed E-state index contributed by atoms with van der Waals surface area (Å²) in [7, 11) is 1.89. The SMILES string of the molecule is CCN(C)c1nc(-c2ccc(F)c(C)c2)cc(N2CCN(c3ncccc3C(F)(F)F)CC2)n1. The predicted molar refractivity (Wildman–Crippen MR) is 125 cm³/mol. The normalized spacial score (nSPS) is 14.4. The Morgan fingerprint density at radius 2 is 1.71 bits per heavy atom. The maximum atomic E-state index is 13.8. The van der Waals surface area contributed by atoms with Crippen LogP contribution in [-0.4, -0.2) is 54.7 Å². The number of halogens is 4. The Morgan fingerprint density at radius 3 is 2.35 bits per heavy atom. The van der Waals surface area contributed by atoms with E-state index in [1.54, 1.807) is 24.0 Å². The minimum absolute atomic E-state index is 0.0498. The minimum atomic E-state index is -4.46. The summed E-state index contributed by atoms with van der Waals surface area (Å²) >= 11 is 0. The second-order valence-electron chi connectivity index (χ2n) is 8.24. The monoisotopic (exact) mass is 474 g/mol. The molecule has 34 heavy (non-hydrogen) atoms. The molecule has 0 radical (unpaired) electrons. The van der Waals surface area contributed by atoms with E-state index in [1.807, 2.05) is 29.8 Å². The lowest BCUT2D eigenvalue weighted by atomic mass is 10.1. The van der Waals surface area contributed by atoms with Crippen LogP contribution >= 0.6 is 0 Å². The van der Waals surface area contributed by atoms with Gasteiger partial charge in [-0.1, -0.05) is 0 Å². The lowest BCUT2D eigenvalue weighted by Gasteiger charge is -2.37. The first kappa shape index (κ1) is 23.7. The highest BCUT2D eigenvalue weighted by atomic mass is 19.4. The summed E-state index contributed by atoms with van der Waals surface area (Å²) in [5.74, 6) is 0.876. The Hall–Kier alpha value is -3.43. The molecule has 0 spiro atoms. The van der Waals surface area contributed by atoms with Crippen LogP contribution in [0, 0.1) is 12.7 Å². The molecule has 3 heterocycles. The molecule has 2 aromatic heterocycles. The van der Waals surface area contributed by atoms with Gasteiger partial charge in [-0.3, -0.25) is 0 Å². The average molecular weight is 475 g/mol. The van der Waals surface area contributed by atoms with Crippen LogP contribution in [0.2, 0.25) is 0 Å². The molecule has 1 fully saturated rings. The number of benzene rings is 1. The number of hydrogen-bond acceptors (Lipinski definition) is 6. The van der Waals surface area contributed by atoms with Crippen molar-refractivity contribution in [3.05, 3.63) is 59.5 Å². The number of pyridine rings is 1. The van der Waals surface area contributed by atoms with E-state index < -0.39 is 11.7 Å². The van der Waals surface area contributed by atoms with Crippen LogP contribution in [0.1, 0.15) is 18.1 Å². The highest BCUT2D eigenvalue weighted by molar-refractivity contribution is 5.66. The number of rotatable bonds is 5. The smallest absolute Gasteiger partial charge is 0.353 e. The summed E-state index contributed by atoms with van der Waals surface area (Å²) < 4.78 is 54.1. The van der Waals surface area contributed by atoms with Crippen molar-refractivity contribution < 1.29 is 17.6 Å². The van der Waals surface area contributed by atoms with Crippen LogP contribution < -0.4 is 14.7 Å². The fourth-order valence-electron chi connectivity index (χ4n) is 3.87. The van der Waals surface area contributed by atoms with Gasteiger partial charge in [0.05, 0.1) is 11.3 Å². The standard InChI is InChI=1S/C24H26F4N6/c1-4-32(3)23-30-20(17-7-8-19(25)16(2)14-17)15-21(31-23)33-10-12-34(13-11-33)22-18(24(26,27)28)6-5-9-29-22/h5-9,14-15H,4,10-13H2,1-3H3. The Balaban J connectivity index is 1.61. The fraction of sp³-hybridized carbons (Fsp3) is 0.375. The molecule has 0 aliphatic carbocycles. The Bertz CT molecular complexity index is 1160. The molecule has 0 atom stereocenters. The van der Waals surface area contributed by atoms with Crippen molar-refractivity contribution in [3.63, 3.8) is 0 Å². The molecule has 0 N–H and O–H groups in total. The predicted octanol–water partition coefficient (Wildman–Crippen LogP) is 4.79. The largest absolute Gasteiger partial charge is 0.419 e. The number of piperazine rings is 1. The molecule has 0 saturated carbocycles. The molecule has 0 unspecified atom stereocenters. The number of hydrogen-bond donors (Lipinski definition) is 0. The molecule has 3 aromatic rings. The molecule has 1 aromatic carbocycles. The van der Waals surface area contributed by atoms with Crippen molar-refractivity contribution in [2.24, 2.45) is 0 Å². The topological polar surface area (TPSA) is 48.4 Å². The van der Waals surface area contributed by atoms with E-state index in [-0.39, 0.29) is 11.6 Å². The summed E-state index contributed by atoms with van der Waals surface area (Å²) in [6, 6.07) is 9.05. The Morgan fingerprint density at radius 1 is 1.00 bits per heavy atom. The number of aryl methyl sites for hydroxylation is 1. The molecular weight excluding hydrogens is 448 g/mol. The molecule has 4 rings (SSSR count). The van der Waals surface area contributed by atoms with Crippen molar-refractivity contribution in [2.45, 2.75) is 20.0 Å². The summed E-state index contributed by atoms with van der Waals surface area (Å²) in [6.07, 6.45) is -3.08. The van der Waals surface area contributed by atoms with Crippen molar-refractivity contribution in [1.29, 1.82) is 0 Å². The third-order valence-corrected chi connectivity index (χ3v) is 5.97. The molecule has 180 valence electrons. The average Bonchev–Trinajstić information content (AvgIpc) is 2.84. The van der Waals surface area contributed by atoms with Gasteiger partial charge in [-0.05, 0) is 49.7 Å². The van der Waals surface area contributed by atoms with Gasteiger partial charge < -0.3 is 14.7 Å². The summed E-state index contributed by atoms with van der Waals surface area (Å²) in [5, 5.41) is 0. The first-order chi connectivity index (χ1) is 16.2. The number of aromatic nitrogens is 3. The highest BCUT2D eigenvalue weighted by Gasteiger charge is 2.36. The quantitative estimate of drug-likeness (QED) is 0.496. The van der Waals surface area contributed by atoms with Gasteiger partial charge in [0, 0.05) is 57.6 Å². The summed E-state index contributed by atoms with van der Waals surface area (Å²) in [6.45, 7) is 6.07. The number of alkyl halides is 3. The lowest BCUT2D eigenvalue weighted by molar-refractivity contribution is -0.137. The van der Waals surface area contributed by atoms with Crippen LogP contribution in [0.5, 0.6) is 0 Å². The lowest BCUT2D eigenvalue weighted by Crippen LogP contribution is -2.47. The first-order valence-electron chi connectivity index (χ1n) is 11.1. The second kappa shape index (κ2) is 9.44. The third kappa shape index (κ3) is 4.90. The zero-order chi connectivity index (χ0) is 24.5. The van der Waals surface area contributed by atoms with Crippen molar-refractivity contribution in [2.75, 3.05) is 54.5 Å². The molecule has 6 nitrogen and oxygen atoms in total. The maximum absolute atomic E-state index is 13.8. The van der Waals surface area contributed by atoms with E-state index in [2.05, 4.69) is 9.97 Å². The van der Waals surface area contributed by atoms with Gasteiger partial charge in [0.15, 0.2) is 0 Å². The molecule has 1 aliphatic heterocycles. The molecule has 10 heteroatoms. The van der Waals surface area contributed by atoms with Crippen molar-refractivity contribution in [1.82, 2.24) is 15.0 Å². The van der Waals surface area contributed by atoms with Crippen molar-refractivity contribution >= 4 is 17.6 Å². The Kier molecular flexibility index (Phi) is 6.58. The van der Waals surface area contributed by atoms with E-state index in [4.69, 9.17) is 4.98 Å². The minimum Gasteiger partial charge on any atom is -0.353 e. The maximum Gasteiger partial charge on any atom is 0.419 e. The summed E-state index contributed by atoms with van der Waals surface area (Å²) in [5.41, 5.74) is 1.23. The van der Waals surface area contributed by atoms with Gasteiger partial charge in [-0.2, -0.15) is 18.2 Å². The van der Waals surface area contributed by atoms with E-state index in [0.29, 0.717) is 55.7 Å². The van der Waals surface area contributed by atoms with Gasteiger partial charge in [0.2, 0.25) is 5.95 Å².